The Morgan fingerprint density at radius 1 is 1.00 bits per heavy atom. The van der Waals surface area contributed by atoms with E-state index >= 15 is 0 Å². The number of rotatable bonds is 7. The van der Waals surface area contributed by atoms with Gasteiger partial charge in [0.15, 0.2) is 17.3 Å². The molecule has 0 fully saturated rings. The van der Waals surface area contributed by atoms with Gasteiger partial charge in [0.25, 0.3) is 0 Å². The van der Waals surface area contributed by atoms with Crippen molar-refractivity contribution in [3.8, 4) is 17.2 Å². The molecule has 5 heteroatoms. The lowest BCUT2D eigenvalue weighted by molar-refractivity contribution is 0.0996. The van der Waals surface area contributed by atoms with Gasteiger partial charge in [-0.2, -0.15) is 0 Å². The minimum atomic E-state index is 0.0266. The normalized spacial score (nSPS) is 10.6. The molecule has 0 atom stereocenters. The number of hydrogen-bond acceptors (Lipinski definition) is 5. The summed E-state index contributed by atoms with van der Waals surface area (Å²) in [4.78, 5) is 12.1. The van der Waals surface area contributed by atoms with Gasteiger partial charge in [0.05, 0.1) is 21.3 Å². The zero-order valence-corrected chi connectivity index (χ0v) is 14.0. The fourth-order valence-electron chi connectivity index (χ4n) is 2.29. The summed E-state index contributed by atoms with van der Waals surface area (Å²) in [7, 11) is 4.69. The summed E-state index contributed by atoms with van der Waals surface area (Å²) in [6.07, 6.45) is 3.94. The molecule has 0 aliphatic carbocycles. The van der Waals surface area contributed by atoms with Gasteiger partial charge >= 0.3 is 0 Å². The molecule has 2 N–H and O–H groups in total. The molecule has 0 unspecified atom stereocenters. The van der Waals surface area contributed by atoms with Crippen LogP contribution in [0.3, 0.4) is 0 Å². The molecule has 0 aliphatic heterocycles. The third-order valence-corrected chi connectivity index (χ3v) is 3.53. The van der Waals surface area contributed by atoms with Crippen molar-refractivity contribution in [2.45, 2.75) is 6.42 Å². The molecule has 0 saturated carbocycles. The Labute approximate surface area is 141 Å². The molecule has 0 aliphatic rings. The molecule has 0 amide bonds. The maximum absolute atomic E-state index is 12.1. The first-order valence-corrected chi connectivity index (χ1v) is 7.44. The number of carbonyl (C=O) groups is 1. The van der Waals surface area contributed by atoms with Crippen molar-refractivity contribution in [1.29, 1.82) is 0 Å². The second kappa shape index (κ2) is 8.06. The maximum atomic E-state index is 12.1. The maximum Gasteiger partial charge on any atom is 0.203 e. The largest absolute Gasteiger partial charge is 0.493 e. The summed E-state index contributed by atoms with van der Waals surface area (Å²) in [6, 6.07) is 10.5. The first-order valence-electron chi connectivity index (χ1n) is 7.44. The predicted octanol–water partition coefficient (Wildman–Crippen LogP) is 3.58. The molecule has 0 radical (unpaired) electrons. The van der Waals surface area contributed by atoms with Crippen LogP contribution in [0.1, 0.15) is 22.3 Å². The summed E-state index contributed by atoms with van der Waals surface area (Å²) in [5.41, 5.74) is 7.75. The van der Waals surface area contributed by atoms with Crippen molar-refractivity contribution in [3.63, 3.8) is 0 Å². The first-order chi connectivity index (χ1) is 11.6. The zero-order valence-electron chi connectivity index (χ0n) is 14.0. The summed E-state index contributed by atoms with van der Waals surface area (Å²) in [6.45, 7) is 0. The lowest BCUT2D eigenvalue weighted by atomic mass is 10.1. The number of benzene rings is 2. The van der Waals surface area contributed by atoms with Gasteiger partial charge in [0.1, 0.15) is 0 Å². The summed E-state index contributed by atoms with van der Waals surface area (Å²) < 4.78 is 15.9. The third kappa shape index (κ3) is 4.07. The van der Waals surface area contributed by atoms with Gasteiger partial charge in [-0.1, -0.05) is 12.2 Å². The molecule has 2 aromatic carbocycles. The van der Waals surface area contributed by atoms with Gasteiger partial charge in [-0.15, -0.1) is 0 Å². The number of anilines is 1. The highest BCUT2D eigenvalue weighted by atomic mass is 16.5. The highest BCUT2D eigenvalue weighted by molar-refractivity contribution is 5.97. The first kappa shape index (κ1) is 17.4. The van der Waals surface area contributed by atoms with Crippen molar-refractivity contribution in [1.82, 2.24) is 0 Å². The fourth-order valence-corrected chi connectivity index (χ4v) is 2.29. The van der Waals surface area contributed by atoms with Crippen LogP contribution >= 0.6 is 0 Å². The minimum Gasteiger partial charge on any atom is -0.493 e. The highest BCUT2D eigenvalue weighted by Gasteiger charge is 2.12. The van der Waals surface area contributed by atoms with E-state index in [-0.39, 0.29) is 5.78 Å². The van der Waals surface area contributed by atoms with E-state index in [4.69, 9.17) is 19.9 Å². The topological polar surface area (TPSA) is 70.8 Å². The quantitative estimate of drug-likeness (QED) is 0.622. The van der Waals surface area contributed by atoms with Crippen LogP contribution in [-0.4, -0.2) is 27.1 Å². The molecule has 0 spiro atoms. The van der Waals surface area contributed by atoms with E-state index in [0.717, 1.165) is 5.56 Å². The lowest BCUT2D eigenvalue weighted by Crippen LogP contribution is -1.97. The summed E-state index contributed by atoms with van der Waals surface area (Å²) in [5.74, 6) is 1.71. The Kier molecular flexibility index (Phi) is 5.84. The zero-order chi connectivity index (χ0) is 17.5. The lowest BCUT2D eigenvalue weighted by Gasteiger charge is -2.12. The Morgan fingerprint density at radius 3 is 2.08 bits per heavy atom. The molecule has 2 rings (SSSR count). The van der Waals surface area contributed by atoms with Crippen LogP contribution in [0.25, 0.3) is 6.08 Å². The van der Waals surface area contributed by atoms with Crippen molar-refractivity contribution in [3.05, 3.63) is 53.6 Å². The van der Waals surface area contributed by atoms with Crippen LogP contribution in [0, 0.1) is 0 Å². The van der Waals surface area contributed by atoms with Crippen LogP contribution < -0.4 is 19.9 Å². The standard InChI is InChI=1S/C19H21NO4/c1-22-17-11-13(12-18(23-2)19(17)24-3)5-4-6-16(21)14-7-9-15(20)10-8-14/h4-5,7-12H,6,20H2,1-3H3. The van der Waals surface area contributed by atoms with Crippen LogP contribution in [0.4, 0.5) is 5.69 Å². The molecule has 5 nitrogen and oxygen atoms in total. The van der Waals surface area contributed by atoms with Crippen molar-refractivity contribution < 1.29 is 19.0 Å². The van der Waals surface area contributed by atoms with Crippen molar-refractivity contribution in [2.24, 2.45) is 0 Å². The average Bonchev–Trinajstić information content (AvgIpc) is 2.61. The highest BCUT2D eigenvalue weighted by Crippen LogP contribution is 2.38. The monoisotopic (exact) mass is 327 g/mol. The van der Waals surface area contributed by atoms with E-state index in [9.17, 15) is 4.79 Å². The van der Waals surface area contributed by atoms with Gasteiger partial charge in [-0.05, 0) is 42.0 Å². The number of nitrogen functional groups attached to an aromatic ring is 1. The second-order valence-electron chi connectivity index (χ2n) is 5.11. The van der Waals surface area contributed by atoms with Crippen LogP contribution in [-0.2, 0) is 0 Å². The average molecular weight is 327 g/mol. The van der Waals surface area contributed by atoms with Gasteiger partial charge in [-0.3, -0.25) is 4.79 Å². The molecular weight excluding hydrogens is 306 g/mol. The van der Waals surface area contributed by atoms with Gasteiger partial charge < -0.3 is 19.9 Å². The third-order valence-electron chi connectivity index (χ3n) is 3.53. The molecule has 126 valence electrons. The number of ether oxygens (including phenoxy) is 3. The number of ketones is 1. The smallest absolute Gasteiger partial charge is 0.203 e. The molecular formula is C19H21NO4. The SMILES string of the molecule is COc1cc(C=CCC(=O)c2ccc(N)cc2)cc(OC)c1OC. The van der Waals surface area contributed by atoms with E-state index in [1.165, 1.54) is 0 Å². The van der Waals surface area contributed by atoms with E-state index in [1.54, 1.807) is 51.7 Å². The van der Waals surface area contributed by atoms with E-state index in [0.29, 0.717) is 34.9 Å². The summed E-state index contributed by atoms with van der Waals surface area (Å²) in [5, 5.41) is 0. The Morgan fingerprint density at radius 2 is 1.58 bits per heavy atom. The molecule has 0 aromatic heterocycles. The van der Waals surface area contributed by atoms with Crippen molar-refractivity contribution in [2.75, 3.05) is 27.1 Å². The fraction of sp³-hybridized carbons (Fsp3) is 0.211. The van der Waals surface area contributed by atoms with Gasteiger partial charge in [-0.25, -0.2) is 0 Å². The number of hydrogen-bond donors (Lipinski definition) is 1. The van der Waals surface area contributed by atoms with Crippen LogP contribution in [0.5, 0.6) is 17.2 Å². The van der Waals surface area contributed by atoms with Gasteiger partial charge in [0, 0.05) is 17.7 Å². The molecule has 0 bridgehead atoms. The summed E-state index contributed by atoms with van der Waals surface area (Å²) >= 11 is 0. The van der Waals surface area contributed by atoms with E-state index in [2.05, 4.69) is 0 Å². The number of allylic oxidation sites excluding steroid dienone is 1. The number of carbonyl (C=O) groups excluding carboxylic acids is 1. The van der Waals surface area contributed by atoms with Crippen LogP contribution in [0.2, 0.25) is 0 Å². The van der Waals surface area contributed by atoms with Crippen LogP contribution in [0.15, 0.2) is 42.5 Å². The predicted molar refractivity (Wildman–Crippen MR) is 94.9 cm³/mol. The second-order valence-corrected chi connectivity index (χ2v) is 5.11. The van der Waals surface area contributed by atoms with Crippen molar-refractivity contribution >= 4 is 17.5 Å². The number of Topliss-reactive ketones (excluding diaryl/α,β-unsaturated/α-hetero) is 1. The number of methoxy groups -OCH3 is 3. The molecule has 0 heterocycles. The minimum absolute atomic E-state index is 0.0266. The van der Waals surface area contributed by atoms with Gasteiger partial charge in [0.2, 0.25) is 5.75 Å². The molecule has 24 heavy (non-hydrogen) atoms. The molecule has 0 saturated heterocycles. The Balaban J connectivity index is 2.14. The molecule has 2 aromatic rings. The van der Waals surface area contributed by atoms with E-state index in [1.807, 2.05) is 18.2 Å². The Hall–Kier alpha value is -2.95. The van der Waals surface area contributed by atoms with E-state index < -0.39 is 0 Å². The number of nitrogens with two attached hydrogens (primary N) is 1. The Bertz CT molecular complexity index is 711.